The van der Waals surface area contributed by atoms with Crippen molar-refractivity contribution in [3.63, 3.8) is 0 Å². The Bertz CT molecular complexity index is 993. The Balaban J connectivity index is 2.17. The van der Waals surface area contributed by atoms with Crippen molar-refractivity contribution < 1.29 is 13.6 Å². The molecule has 0 radical (unpaired) electrons. The van der Waals surface area contributed by atoms with Gasteiger partial charge in [0.05, 0.1) is 17.4 Å². The highest BCUT2D eigenvalue weighted by atomic mass is 19.3. The molecule has 0 aromatic carbocycles. The van der Waals surface area contributed by atoms with Crippen LogP contribution >= 0.6 is 0 Å². The van der Waals surface area contributed by atoms with Gasteiger partial charge in [-0.2, -0.15) is 13.9 Å². The molecule has 1 N–H and O–H groups in total. The van der Waals surface area contributed by atoms with E-state index in [4.69, 9.17) is 0 Å². The summed E-state index contributed by atoms with van der Waals surface area (Å²) in [6.07, 6.45) is 1.89. The van der Waals surface area contributed by atoms with Gasteiger partial charge in [0.1, 0.15) is 11.5 Å². The molecule has 0 bridgehead atoms. The summed E-state index contributed by atoms with van der Waals surface area (Å²) in [5.74, 6) is -3.52. The average Bonchev–Trinajstić information content (AvgIpc) is 2.90. The van der Waals surface area contributed by atoms with Crippen molar-refractivity contribution in [1.82, 2.24) is 24.7 Å². The number of nitrogens with zero attached hydrogens (tertiary/aromatic N) is 5. The van der Waals surface area contributed by atoms with Crippen molar-refractivity contribution in [1.29, 1.82) is 0 Å². The number of aromatic nitrogens is 5. The predicted octanol–water partition coefficient (Wildman–Crippen LogP) is 3.19. The van der Waals surface area contributed by atoms with Crippen molar-refractivity contribution >= 4 is 22.6 Å². The molecule has 3 heterocycles. The van der Waals surface area contributed by atoms with Gasteiger partial charge in [0.2, 0.25) is 5.91 Å². The summed E-state index contributed by atoms with van der Waals surface area (Å²) in [7, 11) is 1.72. The van der Waals surface area contributed by atoms with Gasteiger partial charge < -0.3 is 5.32 Å². The number of hydrogen-bond donors (Lipinski definition) is 1. The lowest BCUT2D eigenvalue weighted by molar-refractivity contribution is -0.115. The van der Waals surface area contributed by atoms with Crippen LogP contribution in [0.25, 0.3) is 22.3 Å². The Hall–Kier alpha value is -2.97. The van der Waals surface area contributed by atoms with E-state index in [1.807, 2.05) is 0 Å². The van der Waals surface area contributed by atoms with E-state index in [-0.39, 0.29) is 5.91 Å². The zero-order valence-electron chi connectivity index (χ0n) is 14.8. The topological polar surface area (TPSA) is 85.6 Å². The van der Waals surface area contributed by atoms with Crippen LogP contribution in [0.5, 0.6) is 0 Å². The number of carbonyl (C=O) groups excluding carboxylic acids is 1. The number of nitrogens with one attached hydrogen (secondary N) is 1. The van der Waals surface area contributed by atoms with Gasteiger partial charge in [0, 0.05) is 31.5 Å². The van der Waals surface area contributed by atoms with Gasteiger partial charge in [0.25, 0.3) is 0 Å². The van der Waals surface area contributed by atoms with Gasteiger partial charge in [-0.05, 0) is 19.1 Å². The number of halogens is 2. The molecular formula is C17H18F2N6O. The van der Waals surface area contributed by atoms with E-state index in [9.17, 15) is 13.6 Å². The highest BCUT2D eigenvalue weighted by Gasteiger charge is 2.29. The molecule has 136 valence electrons. The number of carbonyl (C=O) groups is 1. The van der Waals surface area contributed by atoms with Gasteiger partial charge in [-0.15, -0.1) is 0 Å². The van der Waals surface area contributed by atoms with Crippen LogP contribution in [0.2, 0.25) is 0 Å². The normalized spacial score (nSPS) is 11.8. The molecule has 0 unspecified atom stereocenters. The molecule has 0 aliphatic rings. The summed E-state index contributed by atoms with van der Waals surface area (Å²) in [5, 5.41) is 7.72. The van der Waals surface area contributed by atoms with Crippen LogP contribution in [0, 0.1) is 6.92 Å². The van der Waals surface area contributed by atoms with Crippen molar-refractivity contribution in [2.75, 3.05) is 5.32 Å². The number of amides is 1. The first-order valence-corrected chi connectivity index (χ1v) is 8.06. The Morgan fingerprint density at radius 3 is 2.69 bits per heavy atom. The lowest BCUT2D eigenvalue weighted by atomic mass is 10.1. The first kappa shape index (κ1) is 17.8. The predicted molar refractivity (Wildman–Crippen MR) is 92.8 cm³/mol. The second-order valence-electron chi connectivity index (χ2n) is 6.07. The molecule has 0 fully saturated rings. The SMILES string of the molecule is CCC(=O)Nc1cc2c(-c3cc(C)nc(C(C)(F)F)n3)nn(C)c2cn1. The zero-order valence-corrected chi connectivity index (χ0v) is 14.8. The second-order valence-corrected chi connectivity index (χ2v) is 6.07. The molecule has 3 aromatic rings. The summed E-state index contributed by atoms with van der Waals surface area (Å²) in [5.41, 5.74) is 1.82. The molecule has 0 aliphatic carbocycles. The summed E-state index contributed by atoms with van der Waals surface area (Å²) >= 11 is 0. The number of hydrogen-bond acceptors (Lipinski definition) is 5. The van der Waals surface area contributed by atoms with Crippen molar-refractivity contribution in [3.8, 4) is 11.4 Å². The fraction of sp³-hybridized carbons (Fsp3) is 0.353. The highest BCUT2D eigenvalue weighted by molar-refractivity contribution is 5.96. The third kappa shape index (κ3) is 3.37. The van der Waals surface area contributed by atoms with Crippen LogP contribution in [0.3, 0.4) is 0 Å². The third-order valence-electron chi connectivity index (χ3n) is 3.81. The fourth-order valence-corrected chi connectivity index (χ4v) is 2.53. The monoisotopic (exact) mass is 360 g/mol. The smallest absolute Gasteiger partial charge is 0.303 e. The quantitative estimate of drug-likeness (QED) is 0.772. The number of fused-ring (bicyclic) bond motifs is 1. The Morgan fingerprint density at radius 2 is 2.04 bits per heavy atom. The maximum absolute atomic E-state index is 13.7. The van der Waals surface area contributed by atoms with Crippen LogP contribution in [0.4, 0.5) is 14.6 Å². The van der Waals surface area contributed by atoms with Gasteiger partial charge in [-0.3, -0.25) is 9.48 Å². The molecule has 0 saturated carbocycles. The standard InChI is InChI=1S/C17H18F2N6O/c1-5-14(26)23-13-7-10-12(8-20-13)25(4)24-15(10)11-6-9(2)21-16(22-11)17(3,18)19/h6-8H,5H2,1-4H3,(H,20,23,26). The number of aryl methyl sites for hydroxylation is 2. The Labute approximate surface area is 148 Å². The van der Waals surface area contributed by atoms with Crippen molar-refractivity contribution in [3.05, 3.63) is 29.8 Å². The van der Waals surface area contributed by atoms with Crippen LogP contribution in [-0.4, -0.2) is 30.6 Å². The Kier molecular flexibility index (Phi) is 4.39. The molecule has 0 atom stereocenters. The number of anilines is 1. The minimum Gasteiger partial charge on any atom is -0.311 e. The van der Waals surface area contributed by atoms with Crippen LogP contribution in [-0.2, 0) is 17.8 Å². The van der Waals surface area contributed by atoms with Crippen LogP contribution in [0.1, 0.15) is 31.8 Å². The average molecular weight is 360 g/mol. The number of rotatable bonds is 4. The van der Waals surface area contributed by atoms with E-state index in [2.05, 4.69) is 25.4 Å². The molecule has 3 rings (SSSR count). The van der Waals surface area contributed by atoms with Crippen molar-refractivity contribution in [2.24, 2.45) is 7.05 Å². The molecular weight excluding hydrogens is 342 g/mol. The van der Waals surface area contributed by atoms with E-state index >= 15 is 0 Å². The zero-order chi connectivity index (χ0) is 19.1. The van der Waals surface area contributed by atoms with Gasteiger partial charge in [-0.25, -0.2) is 15.0 Å². The summed E-state index contributed by atoms with van der Waals surface area (Å²) in [6, 6.07) is 3.26. The third-order valence-corrected chi connectivity index (χ3v) is 3.81. The molecule has 0 spiro atoms. The number of pyridine rings is 1. The maximum atomic E-state index is 13.7. The molecule has 7 nitrogen and oxygen atoms in total. The van der Waals surface area contributed by atoms with E-state index in [0.717, 1.165) is 6.92 Å². The van der Waals surface area contributed by atoms with Gasteiger partial charge in [0.15, 0.2) is 5.82 Å². The van der Waals surface area contributed by atoms with Gasteiger partial charge in [-0.1, -0.05) is 6.92 Å². The van der Waals surface area contributed by atoms with E-state index < -0.39 is 11.7 Å². The molecule has 1 amide bonds. The van der Waals surface area contributed by atoms with Crippen LogP contribution < -0.4 is 5.32 Å². The lowest BCUT2D eigenvalue weighted by Crippen LogP contribution is -2.14. The minimum absolute atomic E-state index is 0.173. The molecule has 3 aromatic heterocycles. The summed E-state index contributed by atoms with van der Waals surface area (Å²) in [4.78, 5) is 23.6. The largest absolute Gasteiger partial charge is 0.311 e. The van der Waals surface area contributed by atoms with E-state index in [0.29, 0.717) is 40.2 Å². The summed E-state index contributed by atoms with van der Waals surface area (Å²) < 4.78 is 29.0. The maximum Gasteiger partial charge on any atom is 0.303 e. The lowest BCUT2D eigenvalue weighted by Gasteiger charge is -2.10. The molecule has 9 heteroatoms. The first-order valence-electron chi connectivity index (χ1n) is 8.06. The second kappa shape index (κ2) is 6.40. The first-order chi connectivity index (χ1) is 12.2. The summed E-state index contributed by atoms with van der Waals surface area (Å²) in [6.45, 7) is 4.11. The molecule has 0 saturated heterocycles. The fourth-order valence-electron chi connectivity index (χ4n) is 2.53. The molecule has 0 aliphatic heterocycles. The Morgan fingerprint density at radius 1 is 1.31 bits per heavy atom. The minimum atomic E-state index is -3.16. The van der Waals surface area contributed by atoms with E-state index in [1.54, 1.807) is 43.9 Å². The van der Waals surface area contributed by atoms with Gasteiger partial charge >= 0.3 is 5.92 Å². The van der Waals surface area contributed by atoms with Crippen molar-refractivity contribution in [2.45, 2.75) is 33.1 Å². The molecule has 26 heavy (non-hydrogen) atoms. The van der Waals surface area contributed by atoms with E-state index in [1.165, 1.54) is 0 Å². The number of alkyl halides is 2. The van der Waals surface area contributed by atoms with Crippen LogP contribution in [0.15, 0.2) is 18.3 Å². The highest BCUT2D eigenvalue weighted by Crippen LogP contribution is 2.30.